The first-order chi connectivity index (χ1) is 10.8. The van der Waals surface area contributed by atoms with Crippen molar-refractivity contribution in [3.8, 4) is 11.6 Å². The zero-order valence-electron chi connectivity index (χ0n) is 14.5. The van der Waals surface area contributed by atoms with Crippen LogP contribution in [0, 0.1) is 12.8 Å². The summed E-state index contributed by atoms with van der Waals surface area (Å²) in [7, 11) is 1.85. The molecule has 0 radical (unpaired) electrons. The van der Waals surface area contributed by atoms with Gasteiger partial charge in [-0.15, -0.1) is 0 Å². The number of pyridine rings is 1. The smallest absolute Gasteiger partial charge is 0.222 e. The molecule has 0 spiro atoms. The molecule has 2 aromatic rings. The van der Waals surface area contributed by atoms with Gasteiger partial charge in [0.05, 0.1) is 23.1 Å². The number of ether oxygens (including phenoxy) is 1. The lowest BCUT2D eigenvalue weighted by molar-refractivity contribution is 0.0139. The molecule has 1 atom stereocenters. The van der Waals surface area contributed by atoms with Crippen molar-refractivity contribution >= 4 is 0 Å². The van der Waals surface area contributed by atoms with Crippen LogP contribution < -0.4 is 10.1 Å². The lowest BCUT2D eigenvalue weighted by Crippen LogP contribution is -2.42. The van der Waals surface area contributed by atoms with E-state index in [2.05, 4.69) is 15.4 Å². The molecule has 0 aliphatic heterocycles. The van der Waals surface area contributed by atoms with Crippen molar-refractivity contribution in [1.82, 2.24) is 20.1 Å². The first-order valence-corrected chi connectivity index (χ1v) is 7.84. The number of aryl methyl sites for hydroxylation is 2. The Balaban J connectivity index is 2.10. The van der Waals surface area contributed by atoms with E-state index in [1.54, 1.807) is 17.1 Å². The van der Waals surface area contributed by atoms with Crippen molar-refractivity contribution in [2.24, 2.45) is 13.0 Å². The Labute approximate surface area is 137 Å². The zero-order chi connectivity index (χ0) is 17.0. The summed E-state index contributed by atoms with van der Waals surface area (Å²) < 4.78 is 7.65. The molecule has 0 bridgehead atoms. The molecular formula is C17H26N4O2. The minimum atomic E-state index is -0.750. The second kappa shape index (κ2) is 7.10. The van der Waals surface area contributed by atoms with Crippen LogP contribution in [0.15, 0.2) is 24.5 Å². The molecule has 0 aliphatic carbocycles. The van der Waals surface area contributed by atoms with Gasteiger partial charge in [0, 0.05) is 26.3 Å². The molecule has 0 saturated heterocycles. The quantitative estimate of drug-likeness (QED) is 0.820. The number of aromatic nitrogens is 3. The van der Waals surface area contributed by atoms with Gasteiger partial charge >= 0.3 is 0 Å². The summed E-state index contributed by atoms with van der Waals surface area (Å²) in [5.74, 6) is 1.54. The van der Waals surface area contributed by atoms with Crippen LogP contribution >= 0.6 is 0 Å². The first kappa shape index (κ1) is 17.4. The van der Waals surface area contributed by atoms with Gasteiger partial charge in [0.15, 0.2) is 0 Å². The number of hydrogen-bond donors (Lipinski definition) is 2. The third-order valence-electron chi connectivity index (χ3n) is 4.17. The van der Waals surface area contributed by atoms with Crippen LogP contribution in [0.4, 0.5) is 0 Å². The predicted octanol–water partition coefficient (Wildman–Crippen LogP) is 2.41. The molecule has 6 nitrogen and oxygen atoms in total. The number of aliphatic hydroxyl groups is 1. The van der Waals surface area contributed by atoms with Crippen molar-refractivity contribution in [2.45, 2.75) is 39.8 Å². The molecule has 6 heteroatoms. The van der Waals surface area contributed by atoms with Gasteiger partial charge in [-0.1, -0.05) is 13.8 Å². The SMILES string of the molecule is Cc1nn(C)c(Oc2cccnc2)c1CNCC(C)(O)C(C)C. The Morgan fingerprint density at radius 3 is 2.78 bits per heavy atom. The molecule has 1 unspecified atom stereocenters. The van der Waals surface area contributed by atoms with E-state index in [1.807, 2.05) is 46.9 Å². The third kappa shape index (κ3) is 4.30. The number of nitrogens with zero attached hydrogens (tertiary/aromatic N) is 3. The summed E-state index contributed by atoms with van der Waals surface area (Å²) in [5, 5.41) is 18.1. The van der Waals surface area contributed by atoms with E-state index >= 15 is 0 Å². The number of hydrogen-bond acceptors (Lipinski definition) is 5. The average Bonchev–Trinajstić information content (AvgIpc) is 2.75. The molecule has 23 heavy (non-hydrogen) atoms. The van der Waals surface area contributed by atoms with Gasteiger partial charge in [0.25, 0.3) is 0 Å². The molecule has 0 aromatic carbocycles. The highest BCUT2D eigenvalue weighted by Gasteiger charge is 2.25. The second-order valence-corrected chi connectivity index (χ2v) is 6.40. The lowest BCUT2D eigenvalue weighted by Gasteiger charge is -2.28. The van der Waals surface area contributed by atoms with E-state index in [9.17, 15) is 5.11 Å². The summed E-state index contributed by atoms with van der Waals surface area (Å²) in [6.07, 6.45) is 3.38. The summed E-state index contributed by atoms with van der Waals surface area (Å²) in [5.41, 5.74) is 1.14. The van der Waals surface area contributed by atoms with Crippen molar-refractivity contribution in [3.63, 3.8) is 0 Å². The molecule has 2 aromatic heterocycles. The average molecular weight is 318 g/mol. The topological polar surface area (TPSA) is 72.2 Å². The van der Waals surface area contributed by atoms with E-state index in [0.717, 1.165) is 11.3 Å². The van der Waals surface area contributed by atoms with Gasteiger partial charge in [0.2, 0.25) is 5.88 Å². The molecule has 2 rings (SSSR count). The van der Waals surface area contributed by atoms with Gasteiger partial charge in [-0.2, -0.15) is 5.10 Å². The van der Waals surface area contributed by atoms with Gasteiger partial charge in [0.1, 0.15) is 5.75 Å². The lowest BCUT2D eigenvalue weighted by atomic mass is 9.92. The molecule has 126 valence electrons. The first-order valence-electron chi connectivity index (χ1n) is 7.84. The minimum Gasteiger partial charge on any atom is -0.437 e. The standard InChI is InChI=1S/C17H26N4O2/c1-12(2)17(4,22)11-19-10-15-13(3)20-21(5)16(15)23-14-7-6-8-18-9-14/h6-9,12,19,22H,10-11H2,1-5H3. The predicted molar refractivity (Wildman–Crippen MR) is 89.4 cm³/mol. The van der Waals surface area contributed by atoms with Crippen LogP contribution in [0.3, 0.4) is 0 Å². The molecule has 0 aliphatic rings. The maximum atomic E-state index is 10.3. The minimum absolute atomic E-state index is 0.177. The fraction of sp³-hybridized carbons (Fsp3) is 0.529. The maximum Gasteiger partial charge on any atom is 0.222 e. The van der Waals surface area contributed by atoms with Crippen LogP contribution in [0.5, 0.6) is 11.6 Å². The fourth-order valence-corrected chi connectivity index (χ4v) is 2.18. The maximum absolute atomic E-state index is 10.3. The van der Waals surface area contributed by atoms with Crippen molar-refractivity contribution in [1.29, 1.82) is 0 Å². The molecular weight excluding hydrogens is 292 g/mol. The molecule has 2 N–H and O–H groups in total. The highest BCUT2D eigenvalue weighted by Crippen LogP contribution is 2.26. The largest absolute Gasteiger partial charge is 0.437 e. The second-order valence-electron chi connectivity index (χ2n) is 6.40. The van der Waals surface area contributed by atoms with Gasteiger partial charge in [-0.3, -0.25) is 4.98 Å². The normalized spacial score (nSPS) is 14.0. The van der Waals surface area contributed by atoms with Gasteiger partial charge in [-0.05, 0) is 31.9 Å². The Hall–Kier alpha value is -1.92. The van der Waals surface area contributed by atoms with Crippen molar-refractivity contribution in [3.05, 3.63) is 35.8 Å². The van der Waals surface area contributed by atoms with E-state index < -0.39 is 5.60 Å². The van der Waals surface area contributed by atoms with Gasteiger partial charge in [-0.25, -0.2) is 4.68 Å². The van der Waals surface area contributed by atoms with E-state index in [4.69, 9.17) is 4.74 Å². The van der Waals surface area contributed by atoms with Crippen LogP contribution in [-0.4, -0.2) is 32.0 Å². The fourth-order valence-electron chi connectivity index (χ4n) is 2.18. The summed E-state index contributed by atoms with van der Waals surface area (Å²) >= 11 is 0. The van der Waals surface area contributed by atoms with Crippen LogP contribution in [0.2, 0.25) is 0 Å². The highest BCUT2D eigenvalue weighted by molar-refractivity contribution is 5.34. The Morgan fingerprint density at radius 2 is 2.17 bits per heavy atom. The highest BCUT2D eigenvalue weighted by atomic mass is 16.5. The summed E-state index contributed by atoms with van der Waals surface area (Å²) in [6, 6.07) is 3.69. The Kier molecular flexibility index (Phi) is 5.38. The van der Waals surface area contributed by atoms with Crippen LogP contribution in [0.1, 0.15) is 32.0 Å². The van der Waals surface area contributed by atoms with Crippen LogP contribution in [0.25, 0.3) is 0 Å². The van der Waals surface area contributed by atoms with E-state index in [-0.39, 0.29) is 5.92 Å². The van der Waals surface area contributed by atoms with Crippen molar-refractivity contribution in [2.75, 3.05) is 6.54 Å². The zero-order valence-corrected chi connectivity index (χ0v) is 14.5. The molecule has 0 amide bonds. The van der Waals surface area contributed by atoms with Crippen molar-refractivity contribution < 1.29 is 9.84 Å². The molecule has 0 fully saturated rings. The number of nitrogens with one attached hydrogen (secondary N) is 1. The molecule has 2 heterocycles. The molecule has 0 saturated carbocycles. The summed E-state index contributed by atoms with van der Waals surface area (Å²) in [4.78, 5) is 4.06. The van der Waals surface area contributed by atoms with E-state index in [0.29, 0.717) is 24.7 Å². The van der Waals surface area contributed by atoms with Crippen LogP contribution in [-0.2, 0) is 13.6 Å². The number of rotatable bonds is 7. The monoisotopic (exact) mass is 318 g/mol. The van der Waals surface area contributed by atoms with E-state index in [1.165, 1.54) is 0 Å². The summed E-state index contributed by atoms with van der Waals surface area (Å²) in [6.45, 7) is 8.90. The Bertz CT molecular complexity index is 636. The Morgan fingerprint density at radius 1 is 1.43 bits per heavy atom. The third-order valence-corrected chi connectivity index (χ3v) is 4.17. The van der Waals surface area contributed by atoms with Gasteiger partial charge < -0.3 is 15.2 Å².